The fourth-order valence-electron chi connectivity index (χ4n) is 4.49. The van der Waals surface area contributed by atoms with Crippen LogP contribution in [0.1, 0.15) is 45.4 Å². The van der Waals surface area contributed by atoms with Crippen LogP contribution in [0.15, 0.2) is 4.99 Å². The molecule has 2 atom stereocenters. The van der Waals surface area contributed by atoms with Gasteiger partial charge in [0.25, 0.3) is 0 Å². The average molecular weight is 537 g/mol. The minimum absolute atomic E-state index is 0. The van der Waals surface area contributed by atoms with Crippen molar-refractivity contribution in [1.82, 2.24) is 15.1 Å². The number of piperidine rings is 1. The maximum atomic E-state index is 11.3. The molecule has 9 heteroatoms. The van der Waals surface area contributed by atoms with Gasteiger partial charge in [-0.2, -0.15) is 0 Å². The number of primary amides is 1. The molecule has 0 spiro atoms. The number of amides is 1. The van der Waals surface area contributed by atoms with Gasteiger partial charge >= 0.3 is 0 Å². The van der Waals surface area contributed by atoms with E-state index in [9.17, 15) is 4.79 Å². The molecule has 3 N–H and O–H groups in total. The van der Waals surface area contributed by atoms with Gasteiger partial charge in [0, 0.05) is 38.7 Å². The molecule has 3 aliphatic heterocycles. The molecule has 8 nitrogen and oxygen atoms in total. The number of nitrogens with one attached hydrogen (secondary N) is 1. The maximum Gasteiger partial charge on any atom is 0.220 e. The number of aliphatic imine (C=N–C) groups is 1. The van der Waals surface area contributed by atoms with Gasteiger partial charge in [-0.1, -0.05) is 0 Å². The molecule has 0 radical (unpaired) electrons. The number of nitrogens with zero attached hydrogens (tertiary/aromatic N) is 3. The third-order valence-electron chi connectivity index (χ3n) is 6.24. The number of hydrogen-bond acceptors (Lipinski definition) is 5. The Balaban J connectivity index is 0.00000320. The highest BCUT2D eigenvalue weighted by Crippen LogP contribution is 2.21. The number of morpholine rings is 1. The van der Waals surface area contributed by atoms with Crippen LogP contribution in [0.5, 0.6) is 0 Å². The summed E-state index contributed by atoms with van der Waals surface area (Å²) in [6, 6.07) is 0. The zero-order valence-electron chi connectivity index (χ0n) is 18.4. The van der Waals surface area contributed by atoms with Crippen LogP contribution in [0.4, 0.5) is 0 Å². The highest BCUT2D eigenvalue weighted by molar-refractivity contribution is 14.0. The molecule has 0 bridgehead atoms. The largest absolute Gasteiger partial charge is 0.375 e. The van der Waals surface area contributed by atoms with Crippen molar-refractivity contribution >= 4 is 35.8 Å². The molecular weight excluding hydrogens is 497 g/mol. The first kappa shape index (κ1) is 25.6. The van der Waals surface area contributed by atoms with Gasteiger partial charge in [-0.15, -0.1) is 24.0 Å². The first-order valence-electron chi connectivity index (χ1n) is 11.5. The minimum Gasteiger partial charge on any atom is -0.375 e. The topological polar surface area (TPSA) is 92.4 Å². The first-order chi connectivity index (χ1) is 14.2. The van der Waals surface area contributed by atoms with E-state index in [2.05, 4.69) is 22.0 Å². The number of ether oxygens (including phenoxy) is 2. The van der Waals surface area contributed by atoms with E-state index in [0.29, 0.717) is 0 Å². The van der Waals surface area contributed by atoms with E-state index < -0.39 is 0 Å². The Kier molecular flexibility index (Phi) is 11.7. The van der Waals surface area contributed by atoms with Gasteiger partial charge in [-0.3, -0.25) is 9.79 Å². The number of rotatable bonds is 8. The monoisotopic (exact) mass is 537 g/mol. The molecule has 0 aromatic heterocycles. The first-order valence-corrected chi connectivity index (χ1v) is 11.5. The Morgan fingerprint density at radius 3 is 2.53 bits per heavy atom. The molecule has 3 aliphatic rings. The van der Waals surface area contributed by atoms with Crippen LogP contribution in [0.3, 0.4) is 0 Å². The number of halogens is 1. The summed E-state index contributed by atoms with van der Waals surface area (Å²) in [4.78, 5) is 20.9. The Morgan fingerprint density at radius 2 is 1.87 bits per heavy atom. The maximum absolute atomic E-state index is 11.3. The van der Waals surface area contributed by atoms with E-state index in [0.717, 1.165) is 104 Å². The number of hydrogen-bond donors (Lipinski definition) is 2. The fraction of sp³-hybridized carbons (Fsp3) is 0.905. The van der Waals surface area contributed by atoms with Gasteiger partial charge in [0.05, 0.1) is 12.7 Å². The van der Waals surface area contributed by atoms with E-state index in [-0.39, 0.29) is 48.0 Å². The van der Waals surface area contributed by atoms with E-state index in [1.165, 1.54) is 0 Å². The Morgan fingerprint density at radius 1 is 1.10 bits per heavy atom. The van der Waals surface area contributed by atoms with Crippen molar-refractivity contribution in [2.45, 2.75) is 57.7 Å². The third-order valence-corrected chi connectivity index (χ3v) is 6.24. The lowest BCUT2D eigenvalue weighted by molar-refractivity contribution is -0.123. The summed E-state index contributed by atoms with van der Waals surface area (Å²) in [5, 5.41) is 3.44. The van der Waals surface area contributed by atoms with E-state index in [1.54, 1.807) is 0 Å². The summed E-state index contributed by atoms with van der Waals surface area (Å²) in [7, 11) is 0. The van der Waals surface area contributed by atoms with Crippen molar-refractivity contribution in [2.24, 2.45) is 16.6 Å². The number of likely N-dealkylation sites (tertiary alicyclic amines) is 1. The SMILES string of the molecule is CCNC(=NCCCCN1CCC(C(N)=O)CC1)N1CCOC(C2CCCO2)C1.I. The predicted octanol–water partition coefficient (Wildman–Crippen LogP) is 1.43. The Hall–Kier alpha value is -0.650. The number of carbonyl (C=O) groups is 1. The lowest BCUT2D eigenvalue weighted by atomic mass is 9.96. The summed E-state index contributed by atoms with van der Waals surface area (Å²) < 4.78 is 11.8. The van der Waals surface area contributed by atoms with Crippen LogP contribution in [-0.4, -0.2) is 92.9 Å². The molecule has 3 heterocycles. The van der Waals surface area contributed by atoms with Crippen LogP contribution < -0.4 is 11.1 Å². The molecule has 3 rings (SSSR count). The summed E-state index contributed by atoms with van der Waals surface area (Å²) in [6.45, 7) is 10.2. The van der Waals surface area contributed by atoms with Crippen LogP contribution >= 0.6 is 24.0 Å². The smallest absolute Gasteiger partial charge is 0.220 e. The van der Waals surface area contributed by atoms with Crippen molar-refractivity contribution in [2.75, 3.05) is 59.0 Å². The van der Waals surface area contributed by atoms with Crippen molar-refractivity contribution in [3.8, 4) is 0 Å². The van der Waals surface area contributed by atoms with Gasteiger partial charge in [0.2, 0.25) is 5.91 Å². The second kappa shape index (κ2) is 13.7. The lowest BCUT2D eigenvalue weighted by Crippen LogP contribution is -2.53. The van der Waals surface area contributed by atoms with Gasteiger partial charge in [-0.05, 0) is 65.1 Å². The minimum atomic E-state index is -0.139. The summed E-state index contributed by atoms with van der Waals surface area (Å²) in [5.74, 6) is 0.936. The Bertz CT molecular complexity index is 537. The summed E-state index contributed by atoms with van der Waals surface area (Å²) >= 11 is 0. The number of guanidine groups is 1. The highest BCUT2D eigenvalue weighted by Gasteiger charge is 2.32. The van der Waals surface area contributed by atoms with Gasteiger partial charge in [0.15, 0.2) is 5.96 Å². The zero-order valence-corrected chi connectivity index (χ0v) is 20.7. The van der Waals surface area contributed by atoms with E-state index in [4.69, 9.17) is 20.2 Å². The van der Waals surface area contributed by atoms with E-state index in [1.807, 2.05) is 0 Å². The number of unbranched alkanes of at least 4 members (excludes halogenated alkanes) is 1. The zero-order chi connectivity index (χ0) is 20.5. The van der Waals surface area contributed by atoms with Gasteiger partial charge in [-0.25, -0.2) is 0 Å². The number of nitrogens with two attached hydrogens (primary N) is 1. The summed E-state index contributed by atoms with van der Waals surface area (Å²) in [5.41, 5.74) is 5.41. The molecule has 0 aromatic carbocycles. The fourth-order valence-corrected chi connectivity index (χ4v) is 4.49. The summed E-state index contributed by atoms with van der Waals surface area (Å²) in [6.07, 6.45) is 6.64. The molecular formula is C21H40IN5O3. The Labute approximate surface area is 198 Å². The average Bonchev–Trinajstić information content (AvgIpc) is 3.28. The van der Waals surface area contributed by atoms with Crippen molar-refractivity contribution in [1.29, 1.82) is 0 Å². The molecule has 1 amide bonds. The van der Waals surface area contributed by atoms with Crippen LogP contribution in [0, 0.1) is 5.92 Å². The highest BCUT2D eigenvalue weighted by atomic mass is 127. The predicted molar refractivity (Wildman–Crippen MR) is 129 cm³/mol. The molecule has 174 valence electrons. The van der Waals surface area contributed by atoms with Crippen molar-refractivity contribution in [3.05, 3.63) is 0 Å². The van der Waals surface area contributed by atoms with Crippen LogP contribution in [-0.2, 0) is 14.3 Å². The number of carbonyl (C=O) groups excluding carboxylic acids is 1. The standard InChI is InChI=1S/C21H39N5O3.HI/c1-2-23-21(26-13-15-29-19(16-26)18-6-5-14-28-18)24-9-3-4-10-25-11-7-17(8-12-25)20(22)27;/h17-19H,2-16H2,1H3,(H2,22,27)(H,23,24);1H. The third kappa shape index (κ3) is 7.80. The second-order valence-electron chi connectivity index (χ2n) is 8.37. The molecule has 3 saturated heterocycles. The van der Waals surface area contributed by atoms with Crippen LogP contribution in [0.25, 0.3) is 0 Å². The van der Waals surface area contributed by atoms with Crippen molar-refractivity contribution < 1.29 is 14.3 Å². The lowest BCUT2D eigenvalue weighted by Gasteiger charge is -2.37. The van der Waals surface area contributed by atoms with Crippen molar-refractivity contribution in [3.63, 3.8) is 0 Å². The van der Waals surface area contributed by atoms with Gasteiger partial charge in [0.1, 0.15) is 6.10 Å². The van der Waals surface area contributed by atoms with Gasteiger partial charge < -0.3 is 30.3 Å². The molecule has 3 fully saturated rings. The van der Waals surface area contributed by atoms with Crippen LogP contribution in [0.2, 0.25) is 0 Å². The molecule has 0 aromatic rings. The second-order valence-corrected chi connectivity index (χ2v) is 8.37. The molecule has 2 unspecified atom stereocenters. The molecule has 0 aliphatic carbocycles. The van der Waals surface area contributed by atoms with E-state index >= 15 is 0 Å². The molecule has 30 heavy (non-hydrogen) atoms. The molecule has 0 saturated carbocycles. The quantitative estimate of drug-likeness (QED) is 0.211. The normalized spacial score (nSPS) is 26.4.